The number of nitrogens with zero attached hydrogens (tertiary/aromatic N) is 4. The number of carbonyl (C=O) groups excluding carboxylic acids is 1. The first-order chi connectivity index (χ1) is 14.2. The summed E-state index contributed by atoms with van der Waals surface area (Å²) >= 11 is 5.89. The van der Waals surface area contributed by atoms with Gasteiger partial charge >= 0.3 is 0 Å². The summed E-state index contributed by atoms with van der Waals surface area (Å²) in [6.45, 7) is 4.42. The fourth-order valence-corrected chi connectivity index (χ4v) is 3.11. The van der Waals surface area contributed by atoms with Gasteiger partial charge in [0.25, 0.3) is 5.91 Å². The molecule has 0 saturated heterocycles. The minimum absolute atomic E-state index is 0.184. The number of nitrogens with one attached hydrogen (secondary N) is 3. The molecule has 8 nitrogen and oxygen atoms in total. The quantitative estimate of drug-likeness (QED) is 0.271. The van der Waals surface area contributed by atoms with E-state index in [0.717, 1.165) is 0 Å². The minimum Gasteiger partial charge on any atom is -0.351 e. The van der Waals surface area contributed by atoms with Gasteiger partial charge in [-0.3, -0.25) is 14.7 Å². The van der Waals surface area contributed by atoms with Crippen molar-refractivity contribution in [3.05, 3.63) is 59.4 Å². The van der Waals surface area contributed by atoms with Crippen LogP contribution < -0.4 is 16.0 Å². The topological polar surface area (TPSA) is 105 Å². The van der Waals surface area contributed by atoms with Crippen LogP contribution in [-0.4, -0.2) is 48.6 Å². The molecule has 30 heavy (non-hydrogen) atoms. The number of rotatable bonds is 7. The Labute approximate surface area is 182 Å². The van der Waals surface area contributed by atoms with Crippen molar-refractivity contribution >= 4 is 29.2 Å². The van der Waals surface area contributed by atoms with Crippen LogP contribution in [0.15, 0.2) is 53.8 Å². The third kappa shape index (κ3) is 6.72. The van der Waals surface area contributed by atoms with Crippen molar-refractivity contribution in [2.75, 3.05) is 26.0 Å². The highest BCUT2D eigenvalue weighted by Crippen LogP contribution is 2.22. The number of aromatic nitrogens is 1. The molecule has 0 aliphatic rings. The maximum absolute atomic E-state index is 12.5. The van der Waals surface area contributed by atoms with Gasteiger partial charge in [-0.05, 0) is 50.5 Å². The number of amides is 1. The molecular weight excluding hydrogens is 402 g/mol. The highest BCUT2D eigenvalue weighted by molar-refractivity contribution is 6.30. The van der Waals surface area contributed by atoms with Crippen LogP contribution in [0, 0.1) is 16.9 Å². The van der Waals surface area contributed by atoms with E-state index in [1.165, 1.54) is 0 Å². The number of carbonyl (C=O) groups is 1. The average Bonchev–Trinajstić information content (AvgIpc) is 2.71. The van der Waals surface area contributed by atoms with E-state index in [9.17, 15) is 4.79 Å². The Bertz CT molecular complexity index is 905. The van der Waals surface area contributed by atoms with E-state index in [-0.39, 0.29) is 12.1 Å². The van der Waals surface area contributed by atoms with Crippen LogP contribution in [0.1, 0.15) is 24.2 Å². The first kappa shape index (κ1) is 23.1. The first-order valence-corrected chi connectivity index (χ1v) is 9.71. The van der Waals surface area contributed by atoms with E-state index < -0.39 is 5.41 Å². The van der Waals surface area contributed by atoms with Crippen molar-refractivity contribution in [3.63, 3.8) is 0 Å². The largest absolute Gasteiger partial charge is 0.351 e. The standard InChI is InChI=1S/C21H26ClN7O/c1-21(2,13-25-18(30)15-7-9-16(22)10-8-15)19(29(3)4)28-20(26-14-23)27-17-6-5-11-24-12-17/h5-12,19H,13H2,1-4H3,(H,25,30)(H2,26,27,28). The Morgan fingerprint density at radius 3 is 2.57 bits per heavy atom. The molecule has 1 aromatic carbocycles. The van der Waals surface area contributed by atoms with Crippen molar-refractivity contribution < 1.29 is 4.79 Å². The van der Waals surface area contributed by atoms with Crippen LogP contribution in [0.5, 0.6) is 0 Å². The van der Waals surface area contributed by atoms with E-state index in [4.69, 9.17) is 16.9 Å². The van der Waals surface area contributed by atoms with Gasteiger partial charge in [0.15, 0.2) is 0 Å². The average molecular weight is 428 g/mol. The van der Waals surface area contributed by atoms with Crippen LogP contribution in [0.25, 0.3) is 0 Å². The lowest BCUT2D eigenvalue weighted by Crippen LogP contribution is -2.58. The predicted octanol–water partition coefficient (Wildman–Crippen LogP) is 2.92. The van der Waals surface area contributed by atoms with Gasteiger partial charge in [0.05, 0.1) is 18.1 Å². The normalized spacial score (nSPS) is 12.8. The number of nitriles is 1. The first-order valence-electron chi connectivity index (χ1n) is 9.33. The fourth-order valence-electron chi connectivity index (χ4n) is 2.98. The van der Waals surface area contributed by atoms with Gasteiger partial charge < -0.3 is 16.0 Å². The molecule has 2 aromatic rings. The monoisotopic (exact) mass is 427 g/mol. The molecule has 1 heterocycles. The summed E-state index contributed by atoms with van der Waals surface area (Å²) in [5.41, 5.74) is 0.818. The highest BCUT2D eigenvalue weighted by atomic mass is 35.5. The van der Waals surface area contributed by atoms with Gasteiger partial charge in [-0.1, -0.05) is 25.4 Å². The molecule has 0 spiro atoms. The molecule has 1 amide bonds. The van der Waals surface area contributed by atoms with Crippen molar-refractivity contribution in [1.82, 2.24) is 20.5 Å². The second kappa shape index (κ2) is 10.6. The highest BCUT2D eigenvalue weighted by Gasteiger charge is 2.33. The number of hydrogen-bond donors (Lipinski definition) is 3. The van der Waals surface area contributed by atoms with E-state index >= 15 is 0 Å². The summed E-state index contributed by atoms with van der Waals surface area (Å²) in [6, 6.07) is 10.3. The zero-order valence-electron chi connectivity index (χ0n) is 17.5. The van der Waals surface area contributed by atoms with Crippen molar-refractivity contribution in [1.29, 1.82) is 5.26 Å². The smallest absolute Gasteiger partial charge is 0.251 e. The lowest BCUT2D eigenvalue weighted by molar-refractivity contribution is 0.0867. The SMILES string of the molecule is CN(C)C(NC(=NC#N)Nc1cccnc1)C(C)(C)CNC(=O)c1ccc(Cl)cc1. The number of guanidine groups is 1. The Morgan fingerprint density at radius 1 is 1.30 bits per heavy atom. The summed E-state index contributed by atoms with van der Waals surface area (Å²) in [4.78, 5) is 22.4. The molecule has 158 valence electrons. The van der Waals surface area contributed by atoms with E-state index in [1.807, 2.05) is 38.9 Å². The summed E-state index contributed by atoms with van der Waals surface area (Å²) in [5, 5.41) is 18.9. The van der Waals surface area contributed by atoms with E-state index in [0.29, 0.717) is 28.8 Å². The molecule has 3 N–H and O–H groups in total. The fraction of sp³-hybridized carbons (Fsp3) is 0.333. The number of pyridine rings is 1. The molecule has 1 aromatic heterocycles. The summed E-state index contributed by atoms with van der Waals surface area (Å²) in [7, 11) is 3.82. The molecule has 0 saturated carbocycles. The van der Waals surface area contributed by atoms with Gasteiger partial charge in [0.1, 0.15) is 0 Å². The van der Waals surface area contributed by atoms with Crippen LogP contribution in [0.4, 0.5) is 5.69 Å². The molecule has 1 unspecified atom stereocenters. The minimum atomic E-state index is -0.418. The molecule has 9 heteroatoms. The number of benzene rings is 1. The molecule has 0 bridgehead atoms. The molecule has 0 fully saturated rings. The third-order valence-corrected chi connectivity index (χ3v) is 4.68. The Hall–Kier alpha value is -3.15. The Morgan fingerprint density at radius 2 is 2.00 bits per heavy atom. The molecule has 1 atom stereocenters. The Balaban J connectivity index is 2.10. The predicted molar refractivity (Wildman–Crippen MR) is 119 cm³/mol. The van der Waals surface area contributed by atoms with Crippen LogP contribution in [-0.2, 0) is 0 Å². The van der Waals surface area contributed by atoms with E-state index in [1.54, 1.807) is 48.9 Å². The summed E-state index contributed by atoms with van der Waals surface area (Å²) < 4.78 is 0. The van der Waals surface area contributed by atoms with Crippen LogP contribution >= 0.6 is 11.6 Å². The molecule has 0 aliphatic heterocycles. The molecule has 0 radical (unpaired) electrons. The van der Waals surface area contributed by atoms with Gasteiger partial charge in [-0.15, -0.1) is 4.99 Å². The maximum atomic E-state index is 12.5. The van der Waals surface area contributed by atoms with Crippen molar-refractivity contribution in [2.45, 2.75) is 20.0 Å². The van der Waals surface area contributed by atoms with Crippen molar-refractivity contribution in [2.24, 2.45) is 10.4 Å². The van der Waals surface area contributed by atoms with Crippen LogP contribution in [0.3, 0.4) is 0 Å². The lowest BCUT2D eigenvalue weighted by Gasteiger charge is -2.39. The maximum Gasteiger partial charge on any atom is 0.251 e. The molecular formula is C21H26ClN7O. The third-order valence-electron chi connectivity index (χ3n) is 4.43. The van der Waals surface area contributed by atoms with Crippen LogP contribution in [0.2, 0.25) is 5.02 Å². The second-order valence-electron chi connectivity index (χ2n) is 7.62. The summed E-state index contributed by atoms with van der Waals surface area (Å²) in [6.07, 6.45) is 4.85. The number of halogens is 1. The number of anilines is 1. The second-order valence-corrected chi connectivity index (χ2v) is 8.05. The van der Waals surface area contributed by atoms with Gasteiger partial charge in [-0.25, -0.2) is 0 Å². The van der Waals surface area contributed by atoms with E-state index in [2.05, 4.69) is 25.9 Å². The number of hydrogen-bond acceptors (Lipinski definition) is 5. The molecule has 2 rings (SSSR count). The number of aliphatic imine (C=N–C) groups is 1. The van der Waals surface area contributed by atoms with Gasteiger partial charge in [-0.2, -0.15) is 5.26 Å². The van der Waals surface area contributed by atoms with Crippen molar-refractivity contribution in [3.8, 4) is 6.19 Å². The Kier molecular flexibility index (Phi) is 8.16. The zero-order chi connectivity index (χ0) is 22.1. The molecule has 0 aliphatic carbocycles. The van der Waals surface area contributed by atoms with Gasteiger partial charge in [0, 0.05) is 28.7 Å². The van der Waals surface area contributed by atoms with Gasteiger partial charge in [0.2, 0.25) is 12.2 Å². The summed E-state index contributed by atoms with van der Waals surface area (Å²) in [5.74, 6) is 0.109. The lowest BCUT2D eigenvalue weighted by atomic mass is 9.88. The zero-order valence-corrected chi connectivity index (χ0v) is 18.2.